The van der Waals surface area contributed by atoms with Gasteiger partial charge in [0, 0.05) is 13.1 Å². The Morgan fingerprint density at radius 3 is 2.08 bits per heavy atom. The van der Waals surface area contributed by atoms with Gasteiger partial charge in [0.2, 0.25) is 17.7 Å². The summed E-state index contributed by atoms with van der Waals surface area (Å²) in [5, 5.41) is 0. The third-order valence-corrected chi connectivity index (χ3v) is 5.93. The molecule has 0 aromatic carbocycles. The first kappa shape index (κ1) is 18.2. The van der Waals surface area contributed by atoms with Gasteiger partial charge in [0.05, 0.1) is 11.8 Å². The van der Waals surface area contributed by atoms with Crippen molar-refractivity contribution in [1.82, 2.24) is 9.80 Å². The van der Waals surface area contributed by atoms with E-state index in [-0.39, 0.29) is 35.5 Å². The van der Waals surface area contributed by atoms with Crippen LogP contribution in [-0.4, -0.2) is 46.7 Å². The monoisotopic (exact) mass is 346 g/mol. The molecule has 0 saturated carbocycles. The first-order valence-corrected chi connectivity index (χ1v) is 9.70. The number of carbonyl (C=O) groups excluding carboxylic acids is 3. The molecule has 3 amide bonds. The van der Waals surface area contributed by atoms with E-state index in [1.807, 2.05) is 30.9 Å². The Labute approximate surface area is 150 Å². The van der Waals surface area contributed by atoms with Gasteiger partial charge in [-0.3, -0.25) is 19.3 Å². The molecular formula is C20H30N2O3. The number of amides is 3. The Morgan fingerprint density at radius 2 is 1.60 bits per heavy atom. The van der Waals surface area contributed by atoms with E-state index in [2.05, 4.69) is 6.92 Å². The maximum Gasteiger partial charge on any atom is 0.245 e. The van der Waals surface area contributed by atoms with Crippen LogP contribution in [0.5, 0.6) is 0 Å². The first-order valence-electron chi connectivity index (χ1n) is 9.70. The number of nitrogens with zero attached hydrogens (tertiary/aromatic N) is 2. The smallest absolute Gasteiger partial charge is 0.245 e. The minimum absolute atomic E-state index is 0.0334. The second-order valence-corrected chi connectivity index (χ2v) is 8.36. The van der Waals surface area contributed by atoms with Crippen LogP contribution in [0.3, 0.4) is 0 Å². The van der Waals surface area contributed by atoms with E-state index in [1.54, 1.807) is 0 Å². The van der Waals surface area contributed by atoms with E-state index in [1.165, 1.54) is 4.90 Å². The molecule has 25 heavy (non-hydrogen) atoms. The average molecular weight is 346 g/mol. The lowest BCUT2D eigenvalue weighted by Gasteiger charge is -2.36. The van der Waals surface area contributed by atoms with Gasteiger partial charge < -0.3 is 4.90 Å². The molecule has 3 aliphatic rings. The highest BCUT2D eigenvalue weighted by atomic mass is 16.2. The zero-order chi connectivity index (χ0) is 18.1. The summed E-state index contributed by atoms with van der Waals surface area (Å²) in [5.74, 6) is 0.0552. The van der Waals surface area contributed by atoms with E-state index in [0.717, 1.165) is 25.9 Å². The summed E-state index contributed by atoms with van der Waals surface area (Å²) in [7, 11) is 0. The molecule has 5 nitrogen and oxygen atoms in total. The van der Waals surface area contributed by atoms with Crippen molar-refractivity contribution in [3.8, 4) is 0 Å². The fraction of sp³-hybridized carbons (Fsp3) is 0.750. The number of hydrogen-bond donors (Lipinski definition) is 0. The molecule has 0 bridgehead atoms. The predicted molar refractivity (Wildman–Crippen MR) is 95.4 cm³/mol. The molecule has 1 aliphatic carbocycles. The molecular weight excluding hydrogens is 316 g/mol. The summed E-state index contributed by atoms with van der Waals surface area (Å²) in [5.41, 5.74) is 0. The molecule has 0 unspecified atom stereocenters. The molecule has 5 heteroatoms. The summed E-state index contributed by atoms with van der Waals surface area (Å²) in [4.78, 5) is 42.2. The van der Waals surface area contributed by atoms with E-state index >= 15 is 0 Å². The molecule has 2 saturated heterocycles. The number of rotatable bonds is 4. The normalized spacial score (nSPS) is 28.6. The molecule has 3 rings (SSSR count). The molecule has 138 valence electrons. The lowest BCUT2D eigenvalue weighted by molar-refractivity contribution is -0.153. The standard InChI is InChI=1S/C20H30N2O3/c1-13(2)12-17(20(25)21-10-8-14(3)9-11-21)22-18(23)15-6-4-5-7-16(15)19(22)24/h4-5,13-17H,6-12H2,1-3H3/t15-,16+,17-/m0/s1. The van der Waals surface area contributed by atoms with Crippen molar-refractivity contribution in [3.05, 3.63) is 12.2 Å². The van der Waals surface area contributed by atoms with Crippen molar-refractivity contribution in [1.29, 1.82) is 0 Å². The zero-order valence-electron chi connectivity index (χ0n) is 15.6. The second-order valence-electron chi connectivity index (χ2n) is 8.36. The maximum atomic E-state index is 13.2. The highest BCUT2D eigenvalue weighted by Crippen LogP contribution is 2.37. The molecule has 3 atom stereocenters. The largest absolute Gasteiger partial charge is 0.341 e. The third kappa shape index (κ3) is 3.51. The number of likely N-dealkylation sites (tertiary alicyclic amines) is 2. The number of allylic oxidation sites excluding steroid dienone is 2. The van der Waals surface area contributed by atoms with Gasteiger partial charge in [0.15, 0.2) is 0 Å². The fourth-order valence-electron chi connectivity index (χ4n) is 4.34. The minimum atomic E-state index is -0.626. The number of piperidine rings is 1. The SMILES string of the molecule is CC(C)C[C@@H](C(=O)N1CCC(C)CC1)N1C(=O)[C@H]2CC=CC[C@H]2C1=O. The first-order chi connectivity index (χ1) is 11.9. The molecule has 0 N–H and O–H groups in total. The highest BCUT2D eigenvalue weighted by Gasteiger charge is 2.51. The fourth-order valence-corrected chi connectivity index (χ4v) is 4.34. The molecule has 0 aromatic heterocycles. The van der Waals surface area contributed by atoms with Crippen molar-refractivity contribution < 1.29 is 14.4 Å². The molecule has 0 aromatic rings. The summed E-state index contributed by atoms with van der Waals surface area (Å²) in [6, 6.07) is -0.626. The second kappa shape index (κ2) is 7.30. The van der Waals surface area contributed by atoms with Crippen LogP contribution in [-0.2, 0) is 14.4 Å². The van der Waals surface area contributed by atoms with Gasteiger partial charge in [0.1, 0.15) is 6.04 Å². The maximum absolute atomic E-state index is 13.2. The van der Waals surface area contributed by atoms with Gasteiger partial charge >= 0.3 is 0 Å². The summed E-state index contributed by atoms with van der Waals surface area (Å²) >= 11 is 0. The molecule has 2 fully saturated rings. The van der Waals surface area contributed by atoms with Crippen molar-refractivity contribution in [2.45, 2.75) is 58.9 Å². The molecule has 0 radical (unpaired) electrons. The summed E-state index contributed by atoms with van der Waals surface area (Å²) in [6.45, 7) is 7.76. The van der Waals surface area contributed by atoms with Crippen LogP contribution in [0.4, 0.5) is 0 Å². The average Bonchev–Trinajstić information content (AvgIpc) is 2.84. The Hall–Kier alpha value is -1.65. The van der Waals surface area contributed by atoms with Crippen molar-refractivity contribution >= 4 is 17.7 Å². The Bertz CT molecular complexity index is 549. The highest BCUT2D eigenvalue weighted by molar-refractivity contribution is 6.08. The topological polar surface area (TPSA) is 57.7 Å². The van der Waals surface area contributed by atoms with Crippen LogP contribution < -0.4 is 0 Å². The van der Waals surface area contributed by atoms with Crippen molar-refractivity contribution in [2.75, 3.05) is 13.1 Å². The van der Waals surface area contributed by atoms with Crippen LogP contribution in [0.2, 0.25) is 0 Å². The van der Waals surface area contributed by atoms with Crippen molar-refractivity contribution in [3.63, 3.8) is 0 Å². The summed E-state index contributed by atoms with van der Waals surface area (Å²) in [6.07, 6.45) is 7.76. The Morgan fingerprint density at radius 1 is 1.08 bits per heavy atom. The Balaban J connectivity index is 1.82. The lowest BCUT2D eigenvalue weighted by Crippen LogP contribution is -2.53. The number of carbonyl (C=O) groups is 3. The zero-order valence-corrected chi connectivity index (χ0v) is 15.6. The van der Waals surface area contributed by atoms with Crippen molar-refractivity contribution in [2.24, 2.45) is 23.7 Å². The Kier molecular flexibility index (Phi) is 5.30. The van der Waals surface area contributed by atoms with Gasteiger partial charge in [0.25, 0.3) is 0 Å². The number of imide groups is 1. The lowest BCUT2D eigenvalue weighted by atomic mass is 9.85. The van der Waals surface area contributed by atoms with Gasteiger partial charge in [-0.15, -0.1) is 0 Å². The van der Waals surface area contributed by atoms with Crippen LogP contribution in [0.25, 0.3) is 0 Å². The molecule has 2 heterocycles. The third-order valence-electron chi connectivity index (χ3n) is 5.93. The van der Waals surface area contributed by atoms with Gasteiger partial charge in [-0.1, -0.05) is 32.9 Å². The predicted octanol–water partition coefficient (Wildman–Crippen LogP) is 2.61. The van der Waals surface area contributed by atoms with Crippen LogP contribution in [0.15, 0.2) is 12.2 Å². The minimum Gasteiger partial charge on any atom is -0.341 e. The van der Waals surface area contributed by atoms with Gasteiger partial charge in [-0.05, 0) is 43.9 Å². The van der Waals surface area contributed by atoms with E-state index in [0.29, 0.717) is 25.2 Å². The number of hydrogen-bond acceptors (Lipinski definition) is 3. The van der Waals surface area contributed by atoms with Gasteiger partial charge in [-0.25, -0.2) is 0 Å². The quantitative estimate of drug-likeness (QED) is 0.581. The van der Waals surface area contributed by atoms with Gasteiger partial charge in [-0.2, -0.15) is 0 Å². The van der Waals surface area contributed by atoms with Crippen LogP contribution >= 0.6 is 0 Å². The van der Waals surface area contributed by atoms with E-state index in [4.69, 9.17) is 0 Å². The molecule has 2 aliphatic heterocycles. The molecule has 0 spiro atoms. The van der Waals surface area contributed by atoms with Crippen LogP contribution in [0.1, 0.15) is 52.9 Å². The van der Waals surface area contributed by atoms with E-state index < -0.39 is 6.04 Å². The summed E-state index contributed by atoms with van der Waals surface area (Å²) < 4.78 is 0. The van der Waals surface area contributed by atoms with Crippen LogP contribution in [0, 0.1) is 23.7 Å². The van der Waals surface area contributed by atoms with E-state index in [9.17, 15) is 14.4 Å². The number of fused-ring (bicyclic) bond motifs is 1.